The number of rotatable bonds is 5. The molecular formula is C14H21N3O2. The van der Waals surface area contributed by atoms with Crippen molar-refractivity contribution in [3.63, 3.8) is 0 Å². The second-order valence-electron chi connectivity index (χ2n) is 5.74. The summed E-state index contributed by atoms with van der Waals surface area (Å²) in [4.78, 5) is 18.0. The van der Waals surface area contributed by atoms with Crippen LogP contribution in [-0.4, -0.2) is 37.6 Å². The lowest BCUT2D eigenvalue weighted by atomic mass is 9.93. The average molecular weight is 263 g/mol. The largest absolute Gasteiger partial charge is 0.480 e. The molecule has 1 unspecified atom stereocenters. The number of carboxylic acids is 1. The number of aromatic nitrogens is 2. The van der Waals surface area contributed by atoms with Crippen LogP contribution in [0.3, 0.4) is 0 Å². The molecule has 1 aromatic heterocycles. The Hall–Kier alpha value is -1.36. The van der Waals surface area contributed by atoms with Gasteiger partial charge in [0.2, 0.25) is 0 Å². The van der Waals surface area contributed by atoms with Gasteiger partial charge in [0, 0.05) is 18.8 Å². The van der Waals surface area contributed by atoms with Gasteiger partial charge in [0.25, 0.3) is 0 Å². The van der Waals surface area contributed by atoms with Gasteiger partial charge in [-0.2, -0.15) is 0 Å². The van der Waals surface area contributed by atoms with Crippen LogP contribution in [0.5, 0.6) is 0 Å². The lowest BCUT2D eigenvalue weighted by molar-refractivity contribution is -0.150. The van der Waals surface area contributed by atoms with Crippen molar-refractivity contribution in [2.75, 3.05) is 6.54 Å². The third kappa shape index (κ3) is 2.06. The number of aliphatic carboxylic acids is 1. The first kappa shape index (κ1) is 12.7. The lowest BCUT2D eigenvalue weighted by Gasteiger charge is -2.33. The summed E-state index contributed by atoms with van der Waals surface area (Å²) in [5.41, 5.74) is 0.488. The molecule has 0 amide bonds. The predicted octanol–water partition coefficient (Wildman–Crippen LogP) is 2.05. The smallest absolute Gasteiger partial charge is 0.324 e. The minimum absolute atomic E-state index is 0.598. The Balaban J connectivity index is 1.81. The van der Waals surface area contributed by atoms with Crippen LogP contribution in [0.15, 0.2) is 12.5 Å². The van der Waals surface area contributed by atoms with Gasteiger partial charge in [-0.1, -0.05) is 6.92 Å². The molecule has 1 aromatic rings. The zero-order chi connectivity index (χ0) is 13.5. The molecule has 0 spiro atoms. The highest BCUT2D eigenvalue weighted by atomic mass is 16.4. The Morgan fingerprint density at radius 3 is 3.00 bits per heavy atom. The van der Waals surface area contributed by atoms with Crippen LogP contribution >= 0.6 is 0 Å². The molecule has 1 aliphatic heterocycles. The van der Waals surface area contributed by atoms with Crippen LogP contribution in [0.4, 0.5) is 0 Å². The van der Waals surface area contributed by atoms with Gasteiger partial charge in [0.1, 0.15) is 5.54 Å². The molecule has 0 radical (unpaired) electrons. The SMILES string of the molecule is CCC1(C(=O)O)CCCN1Cc1cncn1C1CC1. The third-order valence-electron chi connectivity index (χ3n) is 4.65. The van der Waals surface area contributed by atoms with E-state index < -0.39 is 11.5 Å². The fourth-order valence-corrected chi connectivity index (χ4v) is 3.29. The van der Waals surface area contributed by atoms with Crippen molar-refractivity contribution in [3.05, 3.63) is 18.2 Å². The van der Waals surface area contributed by atoms with Gasteiger partial charge >= 0.3 is 5.97 Å². The van der Waals surface area contributed by atoms with E-state index in [0.717, 1.165) is 25.1 Å². The van der Waals surface area contributed by atoms with E-state index in [1.165, 1.54) is 12.8 Å². The molecule has 2 aliphatic rings. The summed E-state index contributed by atoms with van der Waals surface area (Å²) in [5, 5.41) is 9.59. The van der Waals surface area contributed by atoms with E-state index in [-0.39, 0.29) is 0 Å². The number of likely N-dealkylation sites (tertiary alicyclic amines) is 1. The first-order valence-corrected chi connectivity index (χ1v) is 7.16. The first-order valence-electron chi connectivity index (χ1n) is 7.16. The van der Waals surface area contributed by atoms with Gasteiger partial charge in [-0.3, -0.25) is 9.69 Å². The second-order valence-corrected chi connectivity index (χ2v) is 5.74. The summed E-state index contributed by atoms with van der Waals surface area (Å²) in [6.07, 6.45) is 8.62. The van der Waals surface area contributed by atoms with Crippen molar-refractivity contribution in [1.82, 2.24) is 14.5 Å². The molecule has 0 aromatic carbocycles. The molecule has 1 atom stereocenters. The number of nitrogens with zero attached hydrogens (tertiary/aromatic N) is 3. The van der Waals surface area contributed by atoms with Crippen LogP contribution in [-0.2, 0) is 11.3 Å². The minimum Gasteiger partial charge on any atom is -0.480 e. The molecule has 2 fully saturated rings. The van der Waals surface area contributed by atoms with Gasteiger partial charge in [-0.05, 0) is 38.6 Å². The lowest BCUT2D eigenvalue weighted by Crippen LogP contribution is -2.49. The standard InChI is InChI=1S/C14H21N3O2/c1-2-14(13(18)19)6-3-7-16(14)9-12-8-15-10-17(12)11-4-5-11/h8,10-11H,2-7,9H2,1H3,(H,18,19). The van der Waals surface area contributed by atoms with Crippen LogP contribution in [0.2, 0.25) is 0 Å². The summed E-state index contributed by atoms with van der Waals surface area (Å²) in [6.45, 7) is 3.55. The molecule has 1 N–H and O–H groups in total. The predicted molar refractivity (Wildman–Crippen MR) is 70.8 cm³/mol. The number of imidazole rings is 1. The minimum atomic E-state index is -0.676. The maximum Gasteiger partial charge on any atom is 0.324 e. The van der Waals surface area contributed by atoms with Crippen LogP contribution in [0.25, 0.3) is 0 Å². The summed E-state index contributed by atoms with van der Waals surface area (Å²) < 4.78 is 2.22. The first-order chi connectivity index (χ1) is 9.17. The maximum atomic E-state index is 11.7. The van der Waals surface area contributed by atoms with Gasteiger partial charge in [0.15, 0.2) is 0 Å². The Labute approximate surface area is 113 Å². The van der Waals surface area contributed by atoms with Crippen LogP contribution in [0.1, 0.15) is 50.8 Å². The topological polar surface area (TPSA) is 58.4 Å². The zero-order valence-electron chi connectivity index (χ0n) is 11.4. The summed E-state index contributed by atoms with van der Waals surface area (Å²) in [7, 11) is 0. The molecule has 3 rings (SSSR count). The van der Waals surface area contributed by atoms with E-state index in [9.17, 15) is 9.90 Å². The maximum absolute atomic E-state index is 11.7. The van der Waals surface area contributed by atoms with E-state index in [0.29, 0.717) is 19.0 Å². The summed E-state index contributed by atoms with van der Waals surface area (Å²) >= 11 is 0. The Bertz CT molecular complexity index is 481. The Kier molecular flexibility index (Phi) is 3.09. The molecule has 0 bridgehead atoms. The fraction of sp³-hybridized carbons (Fsp3) is 0.714. The molecule has 5 heteroatoms. The quantitative estimate of drug-likeness (QED) is 0.883. The average Bonchev–Trinajstić information content (AvgIpc) is 2.99. The number of hydrogen-bond acceptors (Lipinski definition) is 3. The van der Waals surface area contributed by atoms with Gasteiger partial charge in [-0.25, -0.2) is 4.98 Å². The van der Waals surface area contributed by atoms with Crippen LogP contribution < -0.4 is 0 Å². The molecule has 104 valence electrons. The molecule has 5 nitrogen and oxygen atoms in total. The van der Waals surface area contributed by atoms with Gasteiger partial charge < -0.3 is 9.67 Å². The van der Waals surface area contributed by atoms with E-state index in [1.807, 2.05) is 19.4 Å². The second kappa shape index (κ2) is 4.63. The number of carboxylic acid groups (broad SMARTS) is 1. The molecule has 19 heavy (non-hydrogen) atoms. The summed E-state index contributed by atoms with van der Waals surface area (Å²) in [5.74, 6) is -0.676. The van der Waals surface area contributed by atoms with Crippen molar-refractivity contribution < 1.29 is 9.90 Å². The van der Waals surface area contributed by atoms with Crippen molar-refractivity contribution in [2.24, 2.45) is 0 Å². The molecular weight excluding hydrogens is 242 g/mol. The monoisotopic (exact) mass is 263 g/mol. The molecule has 1 saturated heterocycles. The number of hydrogen-bond donors (Lipinski definition) is 1. The van der Waals surface area contributed by atoms with E-state index in [1.54, 1.807) is 0 Å². The highest BCUT2D eigenvalue weighted by Crippen LogP contribution is 2.38. The summed E-state index contributed by atoms with van der Waals surface area (Å²) in [6, 6.07) is 0.598. The van der Waals surface area contributed by atoms with Gasteiger partial charge in [0.05, 0.1) is 12.0 Å². The zero-order valence-corrected chi connectivity index (χ0v) is 11.4. The fourth-order valence-electron chi connectivity index (χ4n) is 3.29. The highest BCUT2D eigenvalue weighted by Gasteiger charge is 2.46. The number of carbonyl (C=O) groups is 1. The molecule has 1 saturated carbocycles. The molecule has 2 heterocycles. The van der Waals surface area contributed by atoms with Crippen molar-refractivity contribution in [3.8, 4) is 0 Å². The third-order valence-corrected chi connectivity index (χ3v) is 4.65. The highest BCUT2D eigenvalue weighted by molar-refractivity contribution is 5.79. The normalized spacial score (nSPS) is 27.8. The van der Waals surface area contributed by atoms with E-state index in [4.69, 9.17) is 0 Å². The van der Waals surface area contributed by atoms with Crippen molar-refractivity contribution in [2.45, 2.75) is 57.2 Å². The van der Waals surface area contributed by atoms with Crippen LogP contribution in [0, 0.1) is 0 Å². The Morgan fingerprint density at radius 2 is 2.37 bits per heavy atom. The van der Waals surface area contributed by atoms with Crippen molar-refractivity contribution in [1.29, 1.82) is 0 Å². The van der Waals surface area contributed by atoms with Gasteiger partial charge in [-0.15, -0.1) is 0 Å². The van der Waals surface area contributed by atoms with E-state index in [2.05, 4.69) is 14.5 Å². The van der Waals surface area contributed by atoms with Crippen molar-refractivity contribution >= 4 is 5.97 Å². The molecule has 1 aliphatic carbocycles. The van der Waals surface area contributed by atoms with E-state index >= 15 is 0 Å². The Morgan fingerprint density at radius 1 is 1.58 bits per heavy atom.